The van der Waals surface area contributed by atoms with Crippen LogP contribution in [0.15, 0.2) is 72.9 Å². The predicted octanol–water partition coefficient (Wildman–Crippen LogP) is 5.82. The molecule has 0 saturated carbocycles. The molecule has 7 nitrogen and oxygen atoms in total. The summed E-state index contributed by atoms with van der Waals surface area (Å²) < 4.78 is 11.2. The van der Waals surface area contributed by atoms with E-state index in [1.54, 1.807) is 13.2 Å². The van der Waals surface area contributed by atoms with Crippen LogP contribution in [-0.4, -0.2) is 44.4 Å². The second-order valence-corrected chi connectivity index (χ2v) is 8.46. The number of hydrogen-bond acceptors (Lipinski definition) is 7. The summed E-state index contributed by atoms with van der Waals surface area (Å²) in [7, 11) is 5.57. The highest BCUT2D eigenvalue weighted by Gasteiger charge is 2.07. The van der Waals surface area contributed by atoms with Gasteiger partial charge in [-0.2, -0.15) is 0 Å². The van der Waals surface area contributed by atoms with Crippen LogP contribution >= 0.6 is 12.4 Å². The van der Waals surface area contributed by atoms with Gasteiger partial charge in [0.15, 0.2) is 11.5 Å². The number of methoxy groups -OCH3 is 1. The van der Waals surface area contributed by atoms with E-state index in [1.807, 2.05) is 85.9 Å². The molecule has 0 spiro atoms. The molecule has 8 heteroatoms. The highest BCUT2D eigenvalue weighted by atomic mass is 35.5. The van der Waals surface area contributed by atoms with Gasteiger partial charge in [-0.3, -0.25) is 4.98 Å². The Morgan fingerprint density at radius 1 is 0.944 bits per heavy atom. The molecular formula is C28H33ClN4O3. The molecule has 0 saturated heterocycles. The van der Waals surface area contributed by atoms with E-state index in [1.165, 1.54) is 0 Å². The molecule has 0 bridgehead atoms. The number of nitrogens with one attached hydrogen (secondary N) is 2. The topological polar surface area (TPSA) is 78.9 Å². The summed E-state index contributed by atoms with van der Waals surface area (Å²) in [6.07, 6.45) is 2.74. The number of phenolic OH excluding ortho intramolecular Hbond substituents is 1. The summed E-state index contributed by atoms with van der Waals surface area (Å²) in [5, 5.41) is 18.1. The van der Waals surface area contributed by atoms with Gasteiger partial charge < -0.3 is 30.1 Å². The summed E-state index contributed by atoms with van der Waals surface area (Å²) in [6.45, 7) is 2.21. The third-order valence-electron chi connectivity index (χ3n) is 5.75. The molecule has 36 heavy (non-hydrogen) atoms. The Morgan fingerprint density at radius 2 is 1.75 bits per heavy atom. The minimum atomic E-state index is 0. The lowest BCUT2D eigenvalue weighted by atomic mass is 10.1. The van der Waals surface area contributed by atoms with Crippen molar-refractivity contribution in [3.8, 4) is 23.0 Å². The number of ether oxygens (including phenoxy) is 2. The van der Waals surface area contributed by atoms with Crippen LogP contribution in [0, 0.1) is 0 Å². The summed E-state index contributed by atoms with van der Waals surface area (Å²) >= 11 is 0. The third kappa shape index (κ3) is 6.71. The molecule has 190 valence electrons. The van der Waals surface area contributed by atoms with E-state index in [-0.39, 0.29) is 18.2 Å². The van der Waals surface area contributed by atoms with Crippen LogP contribution in [0.5, 0.6) is 23.0 Å². The van der Waals surface area contributed by atoms with E-state index in [2.05, 4.69) is 15.6 Å². The van der Waals surface area contributed by atoms with Crippen LogP contribution in [0.2, 0.25) is 0 Å². The fourth-order valence-corrected chi connectivity index (χ4v) is 3.84. The van der Waals surface area contributed by atoms with Crippen molar-refractivity contribution in [3.05, 3.63) is 78.5 Å². The molecule has 0 fully saturated rings. The van der Waals surface area contributed by atoms with Crippen molar-refractivity contribution in [2.75, 3.05) is 44.5 Å². The van der Waals surface area contributed by atoms with Crippen LogP contribution in [-0.2, 0) is 6.54 Å². The summed E-state index contributed by atoms with van der Waals surface area (Å²) in [4.78, 5) is 6.58. The second kappa shape index (κ2) is 12.9. The Balaban J connectivity index is 0.00000361. The number of pyridine rings is 1. The smallest absolute Gasteiger partial charge is 0.162 e. The molecule has 0 unspecified atom stereocenters. The summed E-state index contributed by atoms with van der Waals surface area (Å²) in [5.41, 5.74) is 3.83. The first-order valence-corrected chi connectivity index (χ1v) is 11.7. The average Bonchev–Trinajstić information content (AvgIpc) is 2.87. The number of halogens is 1. The number of benzene rings is 3. The van der Waals surface area contributed by atoms with Crippen LogP contribution in [0.25, 0.3) is 10.9 Å². The predicted molar refractivity (Wildman–Crippen MR) is 149 cm³/mol. The fraction of sp³-hybridized carbons (Fsp3) is 0.250. The van der Waals surface area contributed by atoms with Gasteiger partial charge in [-0.1, -0.05) is 18.2 Å². The number of aromatic nitrogens is 1. The molecule has 1 aromatic heterocycles. The van der Waals surface area contributed by atoms with Crippen LogP contribution < -0.4 is 25.0 Å². The van der Waals surface area contributed by atoms with E-state index in [9.17, 15) is 5.11 Å². The van der Waals surface area contributed by atoms with Gasteiger partial charge in [-0.25, -0.2) is 0 Å². The molecule has 0 atom stereocenters. The summed E-state index contributed by atoms with van der Waals surface area (Å²) in [5.74, 6) is 2.23. The number of para-hydroxylation sites is 1. The number of phenols is 1. The van der Waals surface area contributed by atoms with Crippen molar-refractivity contribution in [2.45, 2.75) is 13.0 Å². The number of rotatable bonds is 11. The quantitative estimate of drug-likeness (QED) is 0.220. The van der Waals surface area contributed by atoms with Crippen LogP contribution in [0.3, 0.4) is 0 Å². The minimum absolute atomic E-state index is 0. The Labute approximate surface area is 218 Å². The van der Waals surface area contributed by atoms with Crippen molar-refractivity contribution in [1.82, 2.24) is 10.3 Å². The number of fused-ring (bicyclic) bond motifs is 1. The maximum absolute atomic E-state index is 10.2. The highest BCUT2D eigenvalue weighted by molar-refractivity contribution is 5.91. The zero-order valence-electron chi connectivity index (χ0n) is 20.8. The molecular weight excluding hydrogens is 476 g/mol. The van der Waals surface area contributed by atoms with E-state index in [0.717, 1.165) is 58.9 Å². The maximum Gasteiger partial charge on any atom is 0.162 e. The number of nitrogens with zero attached hydrogens (tertiary/aromatic N) is 2. The van der Waals surface area contributed by atoms with Gasteiger partial charge in [-0.05, 0) is 49.4 Å². The van der Waals surface area contributed by atoms with Crippen molar-refractivity contribution < 1.29 is 14.6 Å². The maximum atomic E-state index is 10.2. The first-order chi connectivity index (χ1) is 17.0. The van der Waals surface area contributed by atoms with E-state index >= 15 is 0 Å². The van der Waals surface area contributed by atoms with Gasteiger partial charge in [-0.15, -0.1) is 12.4 Å². The molecule has 1 heterocycles. The third-order valence-corrected chi connectivity index (χ3v) is 5.75. The van der Waals surface area contributed by atoms with Crippen molar-refractivity contribution >= 4 is 34.7 Å². The molecule has 0 aliphatic carbocycles. The normalized spacial score (nSPS) is 10.5. The molecule has 0 radical (unpaired) electrons. The van der Waals surface area contributed by atoms with Crippen molar-refractivity contribution in [3.63, 3.8) is 0 Å². The number of anilines is 2. The van der Waals surface area contributed by atoms with Crippen LogP contribution in [0.1, 0.15) is 12.0 Å². The first kappa shape index (κ1) is 26.9. The van der Waals surface area contributed by atoms with Gasteiger partial charge in [0, 0.05) is 67.8 Å². The number of hydrogen-bond donors (Lipinski definition) is 3. The van der Waals surface area contributed by atoms with E-state index in [4.69, 9.17) is 9.47 Å². The lowest BCUT2D eigenvalue weighted by Crippen LogP contribution is -2.17. The van der Waals surface area contributed by atoms with E-state index < -0.39 is 0 Å². The van der Waals surface area contributed by atoms with Crippen molar-refractivity contribution in [2.24, 2.45) is 0 Å². The minimum Gasteiger partial charge on any atom is -0.504 e. The SMILES string of the molecule is COc1cccc(CNCCCNc2ccnc3cc(Oc4cccc(N(C)C)c4)ccc23)c1O.Cl. The summed E-state index contributed by atoms with van der Waals surface area (Å²) in [6, 6.07) is 21.5. The van der Waals surface area contributed by atoms with Gasteiger partial charge in [0.2, 0.25) is 0 Å². The van der Waals surface area contributed by atoms with Gasteiger partial charge in [0.1, 0.15) is 11.5 Å². The lowest BCUT2D eigenvalue weighted by Gasteiger charge is -2.14. The second-order valence-electron chi connectivity index (χ2n) is 8.46. The van der Waals surface area contributed by atoms with Gasteiger partial charge >= 0.3 is 0 Å². The Hall–Kier alpha value is -3.68. The largest absolute Gasteiger partial charge is 0.504 e. The molecule has 3 aromatic carbocycles. The zero-order valence-corrected chi connectivity index (χ0v) is 21.6. The molecule has 3 N–H and O–H groups in total. The standard InChI is InChI=1S/C28H32N4O3.ClH/c1-32(2)21-8-5-9-22(17-21)35-23-11-12-24-25(13-16-31-26(24)18-23)30-15-6-14-29-19-20-7-4-10-27(34-3)28(20)33;/h4-5,7-13,16-18,29,33H,6,14-15,19H2,1-3H3,(H,30,31);1H. The Kier molecular flexibility index (Phi) is 9.61. The fourth-order valence-electron chi connectivity index (χ4n) is 3.84. The van der Waals surface area contributed by atoms with Crippen molar-refractivity contribution in [1.29, 1.82) is 0 Å². The lowest BCUT2D eigenvalue weighted by molar-refractivity contribution is 0.369. The average molecular weight is 509 g/mol. The first-order valence-electron chi connectivity index (χ1n) is 11.7. The molecule has 0 amide bonds. The van der Waals surface area contributed by atoms with E-state index in [0.29, 0.717) is 12.3 Å². The van der Waals surface area contributed by atoms with Crippen LogP contribution in [0.4, 0.5) is 11.4 Å². The molecule has 0 aliphatic heterocycles. The molecule has 4 aromatic rings. The Morgan fingerprint density at radius 3 is 2.56 bits per heavy atom. The zero-order chi connectivity index (χ0) is 24.6. The van der Waals surface area contributed by atoms with Gasteiger partial charge in [0.05, 0.1) is 12.6 Å². The Bertz CT molecular complexity index is 1280. The van der Waals surface area contributed by atoms with Gasteiger partial charge in [0.25, 0.3) is 0 Å². The molecule has 0 aliphatic rings. The number of aromatic hydroxyl groups is 1. The highest BCUT2D eigenvalue weighted by Crippen LogP contribution is 2.30. The monoisotopic (exact) mass is 508 g/mol. The molecule has 4 rings (SSSR count).